The molecule has 0 fully saturated rings. The van der Waals surface area contributed by atoms with Gasteiger partial charge in [-0.1, -0.05) is 60.7 Å². The number of benzene rings is 2. The molecule has 0 aliphatic rings. The van der Waals surface area contributed by atoms with Gasteiger partial charge in [-0.15, -0.1) is 0 Å². The van der Waals surface area contributed by atoms with E-state index in [0.29, 0.717) is 17.5 Å². The molecule has 2 rings (SSSR count). The third-order valence-corrected chi connectivity index (χ3v) is 2.90. The van der Waals surface area contributed by atoms with Crippen LogP contribution in [0, 0.1) is 0 Å². The van der Waals surface area contributed by atoms with Crippen molar-refractivity contribution in [2.75, 3.05) is 0 Å². The molecule has 0 aliphatic heterocycles. The smallest absolute Gasteiger partial charge is 0.327 e. The Morgan fingerprint density at radius 1 is 0.950 bits per heavy atom. The summed E-state index contributed by atoms with van der Waals surface area (Å²) in [6, 6.07) is 16.3. The van der Waals surface area contributed by atoms with Gasteiger partial charge in [0.15, 0.2) is 5.78 Å². The molecule has 0 aromatic heterocycles. The number of aliphatic carboxylic acids is 1. The van der Waals surface area contributed by atoms with Gasteiger partial charge < -0.3 is 5.11 Å². The van der Waals surface area contributed by atoms with Gasteiger partial charge in [0.2, 0.25) is 0 Å². The van der Waals surface area contributed by atoms with E-state index in [1.807, 2.05) is 30.3 Å². The zero-order valence-corrected chi connectivity index (χ0v) is 10.8. The summed E-state index contributed by atoms with van der Waals surface area (Å²) < 4.78 is 0. The van der Waals surface area contributed by atoms with Crippen LogP contribution in [0.4, 0.5) is 0 Å². The van der Waals surface area contributed by atoms with E-state index in [4.69, 9.17) is 5.11 Å². The number of allylic oxidation sites excluding steroid dienone is 1. The van der Waals surface area contributed by atoms with Crippen molar-refractivity contribution in [3.8, 4) is 0 Å². The van der Waals surface area contributed by atoms with Crippen LogP contribution >= 0.6 is 0 Å². The molecule has 3 heteroatoms. The fourth-order valence-corrected chi connectivity index (χ4v) is 1.95. The monoisotopic (exact) mass is 266 g/mol. The Labute approximate surface area is 117 Å². The maximum absolute atomic E-state index is 12.4. The average Bonchev–Trinajstić information content (AvgIpc) is 2.47. The zero-order valence-electron chi connectivity index (χ0n) is 10.8. The lowest BCUT2D eigenvalue weighted by atomic mass is 9.96. The van der Waals surface area contributed by atoms with Crippen LogP contribution in [0.1, 0.15) is 21.5 Å². The summed E-state index contributed by atoms with van der Waals surface area (Å²) in [6.07, 6.45) is 3.05. The Balaban J connectivity index is 2.28. The minimum Gasteiger partial charge on any atom is -0.478 e. The quantitative estimate of drug-likeness (QED) is 0.668. The van der Waals surface area contributed by atoms with Gasteiger partial charge in [-0.05, 0) is 12.0 Å². The molecule has 0 heterocycles. The molecule has 0 bridgehead atoms. The van der Waals surface area contributed by atoms with Crippen LogP contribution in [0.5, 0.6) is 0 Å². The van der Waals surface area contributed by atoms with Gasteiger partial charge in [0.25, 0.3) is 0 Å². The summed E-state index contributed by atoms with van der Waals surface area (Å²) in [5, 5.41) is 8.59. The maximum Gasteiger partial charge on any atom is 0.327 e. The summed E-state index contributed by atoms with van der Waals surface area (Å²) in [5.41, 5.74) is 2.05. The van der Waals surface area contributed by atoms with Crippen LogP contribution in [-0.2, 0) is 11.2 Å². The number of hydrogen-bond donors (Lipinski definition) is 1. The highest BCUT2D eigenvalue weighted by molar-refractivity contribution is 6.09. The molecule has 1 N–H and O–H groups in total. The molecule has 0 amide bonds. The molecule has 0 aliphatic carbocycles. The van der Waals surface area contributed by atoms with Crippen LogP contribution in [0.15, 0.2) is 66.7 Å². The normalized spacial score (nSPS) is 10.6. The van der Waals surface area contributed by atoms with E-state index in [2.05, 4.69) is 0 Å². The van der Waals surface area contributed by atoms with E-state index >= 15 is 0 Å². The summed E-state index contributed by atoms with van der Waals surface area (Å²) in [6.45, 7) is 0. The van der Waals surface area contributed by atoms with Crippen molar-refractivity contribution in [2.45, 2.75) is 6.42 Å². The first kappa shape index (κ1) is 13.7. The van der Waals surface area contributed by atoms with E-state index in [0.717, 1.165) is 11.6 Å². The SMILES string of the molecule is O=C(O)C=CCc1ccccc1C(=O)c1ccccc1. The van der Waals surface area contributed by atoms with Crippen molar-refractivity contribution in [1.29, 1.82) is 0 Å². The molecule has 3 nitrogen and oxygen atoms in total. The summed E-state index contributed by atoms with van der Waals surface area (Å²) in [7, 11) is 0. The molecule has 100 valence electrons. The first-order chi connectivity index (χ1) is 9.68. The van der Waals surface area contributed by atoms with Crippen molar-refractivity contribution in [2.24, 2.45) is 0 Å². The molecule has 2 aromatic rings. The molecule has 0 atom stereocenters. The molecular weight excluding hydrogens is 252 g/mol. The second kappa shape index (κ2) is 6.48. The van der Waals surface area contributed by atoms with Gasteiger partial charge in [0.1, 0.15) is 0 Å². The lowest BCUT2D eigenvalue weighted by molar-refractivity contribution is -0.131. The first-order valence-corrected chi connectivity index (χ1v) is 6.25. The molecule has 20 heavy (non-hydrogen) atoms. The van der Waals surface area contributed by atoms with E-state index in [-0.39, 0.29) is 5.78 Å². The van der Waals surface area contributed by atoms with E-state index in [1.54, 1.807) is 30.3 Å². The predicted molar refractivity (Wildman–Crippen MR) is 76.8 cm³/mol. The predicted octanol–water partition coefficient (Wildman–Crippen LogP) is 3.10. The highest BCUT2D eigenvalue weighted by Gasteiger charge is 2.11. The van der Waals surface area contributed by atoms with Gasteiger partial charge in [-0.2, -0.15) is 0 Å². The highest BCUT2D eigenvalue weighted by atomic mass is 16.4. The third kappa shape index (κ3) is 3.42. The second-order valence-electron chi connectivity index (χ2n) is 4.30. The molecule has 0 saturated heterocycles. The largest absolute Gasteiger partial charge is 0.478 e. The van der Waals surface area contributed by atoms with Gasteiger partial charge in [-0.25, -0.2) is 4.79 Å². The number of carbonyl (C=O) groups is 2. The van der Waals surface area contributed by atoms with Crippen molar-refractivity contribution in [3.05, 3.63) is 83.4 Å². The summed E-state index contributed by atoms with van der Waals surface area (Å²) >= 11 is 0. The fourth-order valence-electron chi connectivity index (χ4n) is 1.95. The number of carboxylic acid groups (broad SMARTS) is 1. The first-order valence-electron chi connectivity index (χ1n) is 6.25. The molecule has 0 saturated carbocycles. The summed E-state index contributed by atoms with van der Waals surface area (Å²) in [5.74, 6) is -1.04. The zero-order chi connectivity index (χ0) is 14.4. The standard InChI is InChI=1S/C17H14O3/c18-16(19)12-6-10-13-7-4-5-11-15(13)17(20)14-8-2-1-3-9-14/h1-9,11-12H,10H2,(H,18,19). The Kier molecular flexibility index (Phi) is 4.45. The fraction of sp³-hybridized carbons (Fsp3) is 0.0588. The number of ketones is 1. The molecule has 2 aromatic carbocycles. The topological polar surface area (TPSA) is 54.4 Å². The number of rotatable bonds is 5. The van der Waals surface area contributed by atoms with Crippen molar-refractivity contribution >= 4 is 11.8 Å². The lowest BCUT2D eigenvalue weighted by Gasteiger charge is -2.06. The molecular formula is C17H14O3. The highest BCUT2D eigenvalue weighted by Crippen LogP contribution is 2.15. The van der Waals surface area contributed by atoms with Crippen molar-refractivity contribution < 1.29 is 14.7 Å². The molecule has 0 unspecified atom stereocenters. The average molecular weight is 266 g/mol. The number of carbonyl (C=O) groups excluding carboxylic acids is 1. The van der Waals surface area contributed by atoms with Crippen LogP contribution < -0.4 is 0 Å². The molecule has 0 spiro atoms. The van der Waals surface area contributed by atoms with Crippen molar-refractivity contribution in [3.63, 3.8) is 0 Å². The van der Waals surface area contributed by atoms with Crippen molar-refractivity contribution in [1.82, 2.24) is 0 Å². The second-order valence-corrected chi connectivity index (χ2v) is 4.30. The third-order valence-electron chi connectivity index (χ3n) is 2.90. The molecule has 0 radical (unpaired) electrons. The Bertz CT molecular complexity index is 642. The van der Waals surface area contributed by atoms with Gasteiger partial charge in [-0.3, -0.25) is 4.79 Å². The van der Waals surface area contributed by atoms with Crippen LogP contribution in [-0.4, -0.2) is 16.9 Å². The van der Waals surface area contributed by atoms with E-state index in [1.165, 1.54) is 0 Å². The number of carboxylic acids is 1. The van der Waals surface area contributed by atoms with Crippen LogP contribution in [0.25, 0.3) is 0 Å². The minimum absolute atomic E-state index is 0.0510. The Morgan fingerprint density at radius 3 is 2.30 bits per heavy atom. The lowest BCUT2D eigenvalue weighted by Crippen LogP contribution is -2.05. The summed E-state index contributed by atoms with van der Waals surface area (Å²) in [4.78, 5) is 22.9. The van der Waals surface area contributed by atoms with E-state index in [9.17, 15) is 9.59 Å². The Morgan fingerprint density at radius 2 is 1.60 bits per heavy atom. The number of hydrogen-bond acceptors (Lipinski definition) is 2. The minimum atomic E-state index is -0.989. The van der Waals surface area contributed by atoms with Gasteiger partial charge in [0.05, 0.1) is 0 Å². The Hall–Kier alpha value is -2.68. The maximum atomic E-state index is 12.4. The van der Waals surface area contributed by atoms with E-state index < -0.39 is 5.97 Å². The van der Waals surface area contributed by atoms with Gasteiger partial charge in [0, 0.05) is 17.2 Å². The van der Waals surface area contributed by atoms with Crippen LogP contribution in [0.3, 0.4) is 0 Å². The van der Waals surface area contributed by atoms with Crippen LogP contribution in [0.2, 0.25) is 0 Å². The van der Waals surface area contributed by atoms with Gasteiger partial charge >= 0.3 is 5.97 Å².